The van der Waals surface area contributed by atoms with Crippen molar-refractivity contribution in [1.82, 2.24) is 5.32 Å². The first kappa shape index (κ1) is 19.7. The van der Waals surface area contributed by atoms with Crippen molar-refractivity contribution in [2.75, 3.05) is 23.3 Å². The lowest BCUT2D eigenvalue weighted by Crippen LogP contribution is -2.34. The molecule has 0 radical (unpaired) electrons. The van der Waals surface area contributed by atoms with Crippen molar-refractivity contribution in [1.29, 1.82) is 0 Å². The molecule has 0 unspecified atom stereocenters. The van der Waals surface area contributed by atoms with Crippen molar-refractivity contribution < 1.29 is 0 Å². The zero-order valence-corrected chi connectivity index (χ0v) is 17.7. The Morgan fingerprint density at radius 1 is 1.11 bits per heavy atom. The van der Waals surface area contributed by atoms with Crippen LogP contribution in [0.4, 0.5) is 11.4 Å². The summed E-state index contributed by atoms with van der Waals surface area (Å²) in [6.07, 6.45) is 2.64. The van der Waals surface area contributed by atoms with Gasteiger partial charge in [0.1, 0.15) is 0 Å². The van der Waals surface area contributed by atoms with Gasteiger partial charge >= 0.3 is 0 Å². The number of rotatable bonds is 4. The van der Waals surface area contributed by atoms with Crippen LogP contribution in [0.25, 0.3) is 0 Å². The summed E-state index contributed by atoms with van der Waals surface area (Å²) in [6.45, 7) is 11.0. The molecule has 0 aliphatic carbocycles. The number of hydrogen-bond donors (Lipinski definition) is 2. The van der Waals surface area contributed by atoms with Gasteiger partial charge in [0.05, 0.1) is 6.04 Å². The van der Waals surface area contributed by atoms with Crippen LogP contribution in [0.1, 0.15) is 49.4 Å². The highest BCUT2D eigenvalue weighted by Crippen LogP contribution is 2.24. The van der Waals surface area contributed by atoms with E-state index < -0.39 is 0 Å². The van der Waals surface area contributed by atoms with E-state index in [9.17, 15) is 0 Å². The third-order valence-electron chi connectivity index (χ3n) is 5.24. The largest absolute Gasteiger partial charge is 0.371 e. The van der Waals surface area contributed by atoms with Crippen LogP contribution in [0.2, 0.25) is 0 Å². The summed E-state index contributed by atoms with van der Waals surface area (Å²) in [6, 6.07) is 15.5. The van der Waals surface area contributed by atoms with Gasteiger partial charge in [0.25, 0.3) is 0 Å². The molecule has 2 aromatic rings. The molecule has 4 heteroatoms. The number of piperidine rings is 1. The summed E-state index contributed by atoms with van der Waals surface area (Å²) >= 11 is 5.51. The molecular formula is C23H31N3S. The van der Waals surface area contributed by atoms with Gasteiger partial charge in [0.15, 0.2) is 5.11 Å². The van der Waals surface area contributed by atoms with Crippen LogP contribution in [0.3, 0.4) is 0 Å². The van der Waals surface area contributed by atoms with E-state index >= 15 is 0 Å². The van der Waals surface area contributed by atoms with Gasteiger partial charge in [-0.25, -0.2) is 0 Å². The molecule has 144 valence electrons. The second kappa shape index (κ2) is 8.75. The summed E-state index contributed by atoms with van der Waals surface area (Å²) in [5.41, 5.74) is 6.07. The Labute approximate surface area is 169 Å². The second-order valence-corrected chi connectivity index (χ2v) is 8.39. The Morgan fingerprint density at radius 3 is 2.41 bits per heavy atom. The van der Waals surface area contributed by atoms with Crippen molar-refractivity contribution in [3.05, 3.63) is 59.2 Å². The van der Waals surface area contributed by atoms with E-state index in [0.29, 0.717) is 5.11 Å². The molecule has 0 spiro atoms. The van der Waals surface area contributed by atoms with Gasteiger partial charge in [-0.05, 0) is 92.7 Å². The molecule has 0 bridgehead atoms. The average molecular weight is 382 g/mol. The molecule has 2 aromatic carbocycles. The number of nitrogens with one attached hydrogen (secondary N) is 2. The van der Waals surface area contributed by atoms with Gasteiger partial charge in [-0.3, -0.25) is 0 Å². The molecule has 3 nitrogen and oxygen atoms in total. The highest BCUT2D eigenvalue weighted by atomic mass is 32.1. The van der Waals surface area contributed by atoms with Crippen LogP contribution in [0.15, 0.2) is 42.5 Å². The number of thiocarbonyl (C=S) groups is 1. The predicted octanol–water partition coefficient (Wildman–Crippen LogP) is 5.59. The molecule has 3 rings (SSSR count). The topological polar surface area (TPSA) is 27.3 Å². The van der Waals surface area contributed by atoms with Crippen LogP contribution >= 0.6 is 12.2 Å². The quantitative estimate of drug-likeness (QED) is 0.675. The molecule has 2 N–H and O–H groups in total. The fourth-order valence-corrected chi connectivity index (χ4v) is 4.19. The van der Waals surface area contributed by atoms with Crippen LogP contribution in [0.5, 0.6) is 0 Å². The maximum absolute atomic E-state index is 5.51. The van der Waals surface area contributed by atoms with Gasteiger partial charge < -0.3 is 15.5 Å². The Balaban J connectivity index is 1.58. The number of aryl methyl sites for hydroxylation is 2. The molecular weight excluding hydrogens is 350 g/mol. The van der Waals surface area contributed by atoms with E-state index in [1.165, 1.54) is 41.8 Å². The molecule has 0 amide bonds. The van der Waals surface area contributed by atoms with Crippen molar-refractivity contribution in [3.8, 4) is 0 Å². The Morgan fingerprint density at radius 2 is 1.78 bits per heavy atom. The Bertz CT molecular complexity index is 764. The van der Waals surface area contributed by atoms with Crippen molar-refractivity contribution in [3.63, 3.8) is 0 Å². The normalized spacial score (nSPS) is 18.1. The van der Waals surface area contributed by atoms with Gasteiger partial charge in [-0.1, -0.05) is 25.1 Å². The first-order valence-corrected chi connectivity index (χ1v) is 10.3. The smallest absolute Gasteiger partial charge is 0.171 e. The predicted molar refractivity (Wildman–Crippen MR) is 121 cm³/mol. The van der Waals surface area contributed by atoms with E-state index in [2.05, 4.69) is 85.7 Å². The maximum Gasteiger partial charge on any atom is 0.171 e. The minimum Gasteiger partial charge on any atom is -0.371 e. The van der Waals surface area contributed by atoms with Gasteiger partial charge in [0, 0.05) is 24.5 Å². The summed E-state index contributed by atoms with van der Waals surface area (Å²) in [7, 11) is 0. The van der Waals surface area contributed by atoms with E-state index in [1.807, 2.05) is 0 Å². The van der Waals surface area contributed by atoms with E-state index in [1.54, 1.807) is 0 Å². The molecule has 2 atom stereocenters. The molecule has 1 aliphatic heterocycles. The highest BCUT2D eigenvalue weighted by Gasteiger charge is 2.17. The molecule has 27 heavy (non-hydrogen) atoms. The lowest BCUT2D eigenvalue weighted by Gasteiger charge is -2.33. The minimum absolute atomic E-state index is 0.158. The van der Waals surface area contributed by atoms with Crippen molar-refractivity contribution >= 4 is 28.7 Å². The zero-order chi connectivity index (χ0) is 19.4. The Hall–Kier alpha value is -2.07. The van der Waals surface area contributed by atoms with Crippen LogP contribution in [-0.2, 0) is 0 Å². The summed E-state index contributed by atoms with van der Waals surface area (Å²) in [4.78, 5) is 2.50. The molecule has 1 aliphatic rings. The van der Waals surface area contributed by atoms with Gasteiger partial charge in [-0.15, -0.1) is 0 Å². The standard InChI is InChI=1S/C23H31N3S/c1-16-6-5-11-26(15-16)22-9-7-20(8-10-22)19(4)24-23(27)25-21-13-17(2)12-18(3)14-21/h7-10,12-14,16,19H,5-6,11,15H2,1-4H3,(H2,24,25,27)/t16-,19+/m1/s1. The van der Waals surface area contributed by atoms with Gasteiger partial charge in [0.2, 0.25) is 0 Å². The monoisotopic (exact) mass is 381 g/mol. The minimum atomic E-state index is 0.158. The van der Waals surface area contributed by atoms with Gasteiger partial charge in [-0.2, -0.15) is 0 Å². The zero-order valence-electron chi connectivity index (χ0n) is 16.9. The third-order valence-corrected chi connectivity index (χ3v) is 5.46. The summed E-state index contributed by atoms with van der Waals surface area (Å²) < 4.78 is 0. The van der Waals surface area contributed by atoms with Crippen LogP contribution in [0, 0.1) is 19.8 Å². The van der Waals surface area contributed by atoms with E-state index in [-0.39, 0.29) is 6.04 Å². The SMILES string of the molecule is Cc1cc(C)cc(NC(=S)N[C@@H](C)c2ccc(N3CCC[C@@H](C)C3)cc2)c1. The number of hydrogen-bond acceptors (Lipinski definition) is 2. The van der Waals surface area contributed by atoms with E-state index in [0.717, 1.165) is 18.2 Å². The van der Waals surface area contributed by atoms with Crippen molar-refractivity contribution in [2.45, 2.75) is 46.6 Å². The molecule has 0 aromatic heterocycles. The molecule has 1 saturated heterocycles. The number of nitrogens with zero attached hydrogens (tertiary/aromatic N) is 1. The number of benzene rings is 2. The van der Waals surface area contributed by atoms with Crippen molar-refractivity contribution in [2.24, 2.45) is 5.92 Å². The molecule has 0 saturated carbocycles. The fraction of sp³-hybridized carbons (Fsp3) is 0.435. The Kier molecular flexibility index (Phi) is 6.38. The summed E-state index contributed by atoms with van der Waals surface area (Å²) in [5.74, 6) is 0.785. The lowest BCUT2D eigenvalue weighted by atomic mass is 9.99. The highest BCUT2D eigenvalue weighted by molar-refractivity contribution is 7.80. The van der Waals surface area contributed by atoms with Crippen LogP contribution in [-0.4, -0.2) is 18.2 Å². The first-order chi connectivity index (χ1) is 12.9. The maximum atomic E-state index is 5.51. The third kappa shape index (κ3) is 5.46. The first-order valence-electron chi connectivity index (χ1n) is 9.91. The number of anilines is 2. The molecule has 1 heterocycles. The van der Waals surface area contributed by atoms with E-state index in [4.69, 9.17) is 12.2 Å². The average Bonchev–Trinajstić information content (AvgIpc) is 2.60. The fourth-order valence-electron chi connectivity index (χ4n) is 3.89. The second-order valence-electron chi connectivity index (χ2n) is 7.98. The lowest BCUT2D eigenvalue weighted by molar-refractivity contribution is 0.447. The van der Waals surface area contributed by atoms with Crippen LogP contribution < -0.4 is 15.5 Å². The summed E-state index contributed by atoms with van der Waals surface area (Å²) in [5, 5.41) is 7.35. The molecule has 1 fully saturated rings.